The van der Waals surface area contributed by atoms with Crippen LogP contribution in [0.2, 0.25) is 0 Å². The van der Waals surface area contributed by atoms with E-state index in [1.165, 1.54) is 7.11 Å². The van der Waals surface area contributed by atoms with E-state index < -0.39 is 30.2 Å². The first kappa shape index (κ1) is 9.36. The molecule has 0 radical (unpaired) electrons. The molecule has 2 saturated heterocycles. The molecular formula is C8H14O5. The van der Waals surface area contributed by atoms with Crippen LogP contribution in [0.4, 0.5) is 0 Å². The monoisotopic (exact) mass is 190 g/mol. The molecule has 5 nitrogen and oxygen atoms in total. The highest BCUT2D eigenvalue weighted by Gasteiger charge is 2.58. The third kappa shape index (κ3) is 1.12. The summed E-state index contributed by atoms with van der Waals surface area (Å²) in [6.45, 7) is 0. The zero-order chi connectivity index (χ0) is 9.64. The van der Waals surface area contributed by atoms with Crippen LogP contribution < -0.4 is 0 Å². The maximum absolute atomic E-state index is 9.96. The Balaban J connectivity index is 2.25. The van der Waals surface area contributed by atoms with Gasteiger partial charge in [-0.25, -0.2) is 0 Å². The smallest absolute Gasteiger partial charge is 0.189 e. The molecule has 0 aromatic heterocycles. The summed E-state index contributed by atoms with van der Waals surface area (Å²) < 4.78 is 10.1. The molecule has 1 aliphatic carbocycles. The Labute approximate surface area is 75.9 Å². The molecule has 3 aliphatic rings. The zero-order valence-electron chi connectivity index (χ0n) is 7.38. The molecule has 3 N–H and O–H groups in total. The molecule has 0 aromatic rings. The Kier molecular flexibility index (Phi) is 2.08. The van der Waals surface area contributed by atoms with E-state index in [4.69, 9.17) is 9.47 Å². The SMILES string of the molecule is CO[C@H]1O[C@@H]2CC[C@@]1(O)[C@@H](O)[C@@H]2O. The lowest BCUT2D eigenvalue weighted by Crippen LogP contribution is -2.70. The van der Waals surface area contributed by atoms with E-state index in [0.717, 1.165) is 0 Å². The van der Waals surface area contributed by atoms with Gasteiger partial charge in [-0.05, 0) is 12.8 Å². The fourth-order valence-electron chi connectivity index (χ4n) is 2.13. The second-order valence-corrected chi connectivity index (χ2v) is 3.71. The Hall–Kier alpha value is -0.200. The Morgan fingerprint density at radius 1 is 1.46 bits per heavy atom. The highest BCUT2D eigenvalue weighted by Crippen LogP contribution is 2.41. The van der Waals surface area contributed by atoms with E-state index in [-0.39, 0.29) is 0 Å². The first-order valence-corrected chi connectivity index (χ1v) is 4.36. The summed E-state index contributed by atoms with van der Waals surface area (Å²) in [4.78, 5) is 0. The van der Waals surface area contributed by atoms with Crippen LogP contribution in [0, 0.1) is 0 Å². The van der Waals surface area contributed by atoms with E-state index in [0.29, 0.717) is 12.8 Å². The molecule has 0 unspecified atom stereocenters. The van der Waals surface area contributed by atoms with Crippen molar-refractivity contribution in [3.63, 3.8) is 0 Å². The highest BCUT2D eigenvalue weighted by molar-refractivity contribution is 5.05. The van der Waals surface area contributed by atoms with Crippen LogP contribution in [0.1, 0.15) is 12.8 Å². The summed E-state index contributed by atoms with van der Waals surface area (Å²) >= 11 is 0. The van der Waals surface area contributed by atoms with Gasteiger partial charge in [-0.15, -0.1) is 0 Å². The van der Waals surface area contributed by atoms with E-state index in [1.807, 2.05) is 0 Å². The molecule has 2 aliphatic heterocycles. The molecule has 2 bridgehead atoms. The zero-order valence-corrected chi connectivity index (χ0v) is 7.38. The van der Waals surface area contributed by atoms with Crippen molar-refractivity contribution in [2.45, 2.75) is 43.0 Å². The summed E-state index contributed by atoms with van der Waals surface area (Å²) in [6, 6.07) is 0. The molecule has 0 amide bonds. The number of hydrogen-bond acceptors (Lipinski definition) is 5. The van der Waals surface area contributed by atoms with Gasteiger partial charge in [0, 0.05) is 7.11 Å². The predicted molar refractivity (Wildman–Crippen MR) is 41.9 cm³/mol. The van der Waals surface area contributed by atoms with Crippen molar-refractivity contribution >= 4 is 0 Å². The van der Waals surface area contributed by atoms with Crippen LogP contribution >= 0.6 is 0 Å². The van der Waals surface area contributed by atoms with Crippen molar-refractivity contribution < 1.29 is 24.8 Å². The van der Waals surface area contributed by atoms with Gasteiger partial charge in [-0.2, -0.15) is 0 Å². The first-order chi connectivity index (χ1) is 6.09. The number of rotatable bonds is 1. The highest BCUT2D eigenvalue weighted by atomic mass is 16.7. The van der Waals surface area contributed by atoms with Gasteiger partial charge in [0.05, 0.1) is 6.10 Å². The van der Waals surface area contributed by atoms with Gasteiger partial charge in [-0.1, -0.05) is 0 Å². The van der Waals surface area contributed by atoms with Crippen molar-refractivity contribution in [3.05, 3.63) is 0 Å². The van der Waals surface area contributed by atoms with Crippen LogP contribution in [-0.2, 0) is 9.47 Å². The third-order valence-electron chi connectivity index (χ3n) is 2.97. The van der Waals surface area contributed by atoms with Gasteiger partial charge in [0.1, 0.15) is 17.8 Å². The average Bonchev–Trinajstić information content (AvgIpc) is 2.14. The quantitative estimate of drug-likeness (QED) is 0.474. The summed E-state index contributed by atoms with van der Waals surface area (Å²) in [5.74, 6) is 0. The second-order valence-electron chi connectivity index (χ2n) is 3.71. The number of fused-ring (bicyclic) bond motifs is 3. The van der Waals surface area contributed by atoms with Crippen LogP contribution in [0.3, 0.4) is 0 Å². The number of aliphatic hydroxyl groups excluding tert-OH is 2. The van der Waals surface area contributed by atoms with Crippen LogP contribution in [-0.4, -0.2) is 52.6 Å². The number of ether oxygens (including phenoxy) is 2. The minimum atomic E-state index is -1.46. The first-order valence-electron chi connectivity index (χ1n) is 4.36. The van der Waals surface area contributed by atoms with E-state index >= 15 is 0 Å². The van der Waals surface area contributed by atoms with Crippen molar-refractivity contribution in [2.75, 3.05) is 7.11 Å². The van der Waals surface area contributed by atoms with E-state index in [1.54, 1.807) is 0 Å². The largest absolute Gasteiger partial charge is 0.388 e. The van der Waals surface area contributed by atoms with Gasteiger partial charge in [0.2, 0.25) is 0 Å². The molecule has 1 saturated carbocycles. The molecule has 0 aromatic carbocycles. The predicted octanol–water partition coefficient (Wildman–Crippen LogP) is -1.40. The fraction of sp³-hybridized carbons (Fsp3) is 1.00. The second kappa shape index (κ2) is 2.90. The van der Waals surface area contributed by atoms with Crippen LogP contribution in [0.25, 0.3) is 0 Å². The molecule has 3 fully saturated rings. The summed E-state index contributed by atoms with van der Waals surface area (Å²) in [5, 5.41) is 29.0. The maximum atomic E-state index is 9.96. The molecule has 5 atom stereocenters. The standard InChI is InChI=1S/C8H14O5/c1-12-7-8(11)3-2-4(13-7)5(9)6(8)10/h4-7,9-11H,2-3H2,1H3/t4-,5-,6+,7+,8-/m1/s1. The van der Waals surface area contributed by atoms with Crippen molar-refractivity contribution in [1.82, 2.24) is 0 Å². The van der Waals surface area contributed by atoms with Gasteiger partial charge in [0.15, 0.2) is 6.29 Å². The Bertz CT molecular complexity index is 205. The Morgan fingerprint density at radius 3 is 2.77 bits per heavy atom. The molecule has 76 valence electrons. The Morgan fingerprint density at radius 2 is 2.15 bits per heavy atom. The van der Waals surface area contributed by atoms with Gasteiger partial charge in [0.25, 0.3) is 0 Å². The van der Waals surface area contributed by atoms with Gasteiger partial charge < -0.3 is 24.8 Å². The number of aliphatic hydroxyl groups is 3. The topological polar surface area (TPSA) is 79.2 Å². The fourth-order valence-corrected chi connectivity index (χ4v) is 2.13. The van der Waals surface area contributed by atoms with Crippen LogP contribution in [0.5, 0.6) is 0 Å². The van der Waals surface area contributed by atoms with Crippen molar-refractivity contribution in [1.29, 1.82) is 0 Å². The molecule has 0 spiro atoms. The molecule has 5 heteroatoms. The van der Waals surface area contributed by atoms with E-state index in [9.17, 15) is 15.3 Å². The third-order valence-corrected chi connectivity index (χ3v) is 2.97. The molecule has 13 heavy (non-hydrogen) atoms. The molecule has 2 heterocycles. The molecular weight excluding hydrogens is 176 g/mol. The number of methoxy groups -OCH3 is 1. The number of hydrogen-bond donors (Lipinski definition) is 3. The van der Waals surface area contributed by atoms with Crippen molar-refractivity contribution in [3.8, 4) is 0 Å². The maximum Gasteiger partial charge on any atom is 0.189 e. The van der Waals surface area contributed by atoms with E-state index in [2.05, 4.69) is 0 Å². The summed E-state index contributed by atoms with van der Waals surface area (Å²) in [5.41, 5.74) is -1.46. The average molecular weight is 190 g/mol. The molecule has 3 rings (SSSR count). The summed E-state index contributed by atoms with van der Waals surface area (Å²) in [7, 11) is 1.41. The van der Waals surface area contributed by atoms with Crippen molar-refractivity contribution in [2.24, 2.45) is 0 Å². The minimum absolute atomic E-state index is 0.397. The van der Waals surface area contributed by atoms with Gasteiger partial charge in [-0.3, -0.25) is 0 Å². The minimum Gasteiger partial charge on any atom is -0.388 e. The lowest BCUT2D eigenvalue weighted by atomic mass is 9.75. The lowest BCUT2D eigenvalue weighted by molar-refractivity contribution is -0.359. The lowest BCUT2D eigenvalue weighted by Gasteiger charge is -2.52. The van der Waals surface area contributed by atoms with Crippen LogP contribution in [0.15, 0.2) is 0 Å². The normalized spacial score (nSPS) is 55.4. The van der Waals surface area contributed by atoms with Gasteiger partial charge >= 0.3 is 0 Å². The summed E-state index contributed by atoms with van der Waals surface area (Å²) in [6.07, 6.45) is -2.49.